The molecule has 2 aromatic carbocycles. The number of aryl methyl sites for hydroxylation is 1. The van der Waals surface area contributed by atoms with Crippen LogP contribution in [0.2, 0.25) is 0 Å². The Kier molecular flexibility index (Phi) is 16.1. The van der Waals surface area contributed by atoms with Gasteiger partial charge in [-0.2, -0.15) is 39.5 Å². The number of rotatable bonds is 20. The molecule has 2 fully saturated rings. The minimum absolute atomic E-state index is 0.0427. The van der Waals surface area contributed by atoms with E-state index in [9.17, 15) is 48.3 Å². The van der Waals surface area contributed by atoms with Gasteiger partial charge in [0.1, 0.15) is 23.1 Å². The summed E-state index contributed by atoms with van der Waals surface area (Å²) in [7, 11) is 3.49. The molecular formula is C40H50F11NO4S2. The lowest BCUT2D eigenvalue weighted by Gasteiger charge is -2.50. The minimum atomic E-state index is -6.77. The Morgan fingerprint density at radius 3 is 2.14 bits per heavy atom. The number of hydrogen-bond donors (Lipinski definition) is 1. The predicted octanol–water partition coefficient (Wildman–Crippen LogP) is 12.1. The van der Waals surface area contributed by atoms with Crippen LogP contribution in [0.25, 0.3) is 0 Å². The Bertz CT molecular complexity index is 1580. The molecule has 3 aliphatic carbocycles. The first-order valence-electron chi connectivity index (χ1n) is 19.6. The maximum atomic E-state index is 15.0. The lowest BCUT2D eigenvalue weighted by Crippen LogP contribution is -2.67. The summed E-state index contributed by atoms with van der Waals surface area (Å²) in [5, 5.41) is 3.10. The summed E-state index contributed by atoms with van der Waals surface area (Å²) < 4.78 is 170. The molecule has 0 aliphatic heterocycles. The molecule has 18 heteroatoms. The molecule has 5 rings (SSSR count). The Balaban J connectivity index is 1.10. The molecule has 3 aliphatic rings. The van der Waals surface area contributed by atoms with E-state index >= 15 is 0 Å². The second-order valence-corrected chi connectivity index (χ2v) is 18.1. The van der Waals surface area contributed by atoms with Gasteiger partial charge in [0, 0.05) is 49.0 Å². The van der Waals surface area contributed by atoms with Gasteiger partial charge in [-0.05, 0) is 111 Å². The van der Waals surface area contributed by atoms with E-state index in [2.05, 4.69) is 23.9 Å². The molecule has 328 valence electrons. The summed E-state index contributed by atoms with van der Waals surface area (Å²) in [4.78, 5) is 0. The molecule has 1 N–H and O–H groups in total. The summed E-state index contributed by atoms with van der Waals surface area (Å²) in [6.07, 6.45) is -15.0. The van der Waals surface area contributed by atoms with E-state index in [4.69, 9.17) is 14.2 Å². The molecule has 2 saturated carbocycles. The molecular weight excluding hydrogens is 832 g/mol. The van der Waals surface area contributed by atoms with Crippen molar-refractivity contribution in [2.24, 2.45) is 17.3 Å². The Labute approximate surface area is 339 Å². The van der Waals surface area contributed by atoms with Crippen molar-refractivity contribution in [2.45, 2.75) is 114 Å². The standard InChI is InChI=1S/C40H50F11NO4S2/c1-3-15-53-18-20-58-57-19-4-14-52-24-31-33(41)22-27(23-34(31)42)56-26-7-9-28-25(21-26)6-8-30-29(28)12-13-36(2)32(30)10-11-35(36)54-16-5-17-55-37(38(43,44)45,39(46,47)48)40(49,50)51/h7,9,21-23,29-30,32,35,52H,3-6,8,10-20,24H2,1-2H3. The molecule has 2 aromatic rings. The average Bonchev–Trinajstić information content (AvgIpc) is 3.47. The van der Waals surface area contributed by atoms with Crippen LogP contribution < -0.4 is 10.1 Å². The van der Waals surface area contributed by atoms with E-state index < -0.39 is 48.8 Å². The van der Waals surface area contributed by atoms with Gasteiger partial charge in [-0.25, -0.2) is 8.78 Å². The van der Waals surface area contributed by atoms with Crippen LogP contribution in [0.1, 0.15) is 87.8 Å². The fourth-order valence-electron chi connectivity index (χ4n) is 8.96. The maximum absolute atomic E-state index is 15.0. The van der Waals surface area contributed by atoms with Crippen molar-refractivity contribution in [3.05, 3.63) is 58.7 Å². The Morgan fingerprint density at radius 2 is 1.47 bits per heavy atom. The van der Waals surface area contributed by atoms with Crippen molar-refractivity contribution in [1.29, 1.82) is 0 Å². The van der Waals surface area contributed by atoms with Crippen molar-refractivity contribution in [3.8, 4) is 11.5 Å². The molecule has 0 radical (unpaired) electrons. The van der Waals surface area contributed by atoms with Crippen LogP contribution in [0.15, 0.2) is 30.3 Å². The molecule has 0 amide bonds. The first-order chi connectivity index (χ1) is 27.3. The van der Waals surface area contributed by atoms with Crippen LogP contribution in [0, 0.1) is 28.9 Å². The van der Waals surface area contributed by atoms with Crippen LogP contribution in [0.5, 0.6) is 11.5 Å². The van der Waals surface area contributed by atoms with Gasteiger partial charge in [0.15, 0.2) is 0 Å². The third-order valence-corrected chi connectivity index (χ3v) is 14.2. The van der Waals surface area contributed by atoms with Crippen LogP contribution in [-0.2, 0) is 27.2 Å². The third-order valence-electron chi connectivity index (χ3n) is 11.7. The zero-order valence-electron chi connectivity index (χ0n) is 32.3. The molecule has 0 aromatic heterocycles. The van der Waals surface area contributed by atoms with E-state index in [1.54, 1.807) is 27.7 Å². The second kappa shape index (κ2) is 19.8. The molecule has 0 heterocycles. The summed E-state index contributed by atoms with van der Waals surface area (Å²) in [5.41, 5.74) is -4.46. The molecule has 5 nitrogen and oxygen atoms in total. The predicted molar refractivity (Wildman–Crippen MR) is 201 cm³/mol. The van der Waals surface area contributed by atoms with Crippen LogP contribution in [0.4, 0.5) is 48.3 Å². The summed E-state index contributed by atoms with van der Waals surface area (Å²) in [5.74, 6) is 1.60. The highest BCUT2D eigenvalue weighted by Gasteiger charge is 2.85. The summed E-state index contributed by atoms with van der Waals surface area (Å²) in [6, 6.07) is 8.02. The first kappa shape index (κ1) is 47.1. The van der Waals surface area contributed by atoms with Gasteiger partial charge < -0.3 is 24.3 Å². The first-order valence-corrected chi connectivity index (χ1v) is 22.1. The number of alkyl halides is 9. The zero-order chi connectivity index (χ0) is 42.4. The molecule has 58 heavy (non-hydrogen) atoms. The Morgan fingerprint density at radius 1 is 0.776 bits per heavy atom. The van der Waals surface area contributed by atoms with E-state index in [0.717, 1.165) is 80.8 Å². The lowest BCUT2D eigenvalue weighted by atomic mass is 9.55. The van der Waals surface area contributed by atoms with Gasteiger partial charge in [0.2, 0.25) is 0 Å². The fourth-order valence-corrected chi connectivity index (χ4v) is 10.9. The zero-order valence-corrected chi connectivity index (χ0v) is 34.0. The van der Waals surface area contributed by atoms with Gasteiger partial charge in [-0.1, -0.05) is 41.5 Å². The number of fused-ring (bicyclic) bond motifs is 5. The highest BCUT2D eigenvalue weighted by atomic mass is 33.1. The lowest BCUT2D eigenvalue weighted by molar-refractivity contribution is -0.457. The van der Waals surface area contributed by atoms with Gasteiger partial charge in [-0.3, -0.25) is 0 Å². The van der Waals surface area contributed by atoms with Crippen molar-refractivity contribution in [2.75, 3.05) is 44.5 Å². The maximum Gasteiger partial charge on any atom is 0.435 e. The number of nitrogens with one attached hydrogen (secondary N) is 1. The topological polar surface area (TPSA) is 49.0 Å². The monoisotopic (exact) mass is 881 g/mol. The average molecular weight is 882 g/mol. The molecule has 5 atom stereocenters. The largest absolute Gasteiger partial charge is 0.457 e. The van der Waals surface area contributed by atoms with Gasteiger partial charge >= 0.3 is 24.1 Å². The van der Waals surface area contributed by atoms with E-state index in [1.807, 2.05) is 12.1 Å². The van der Waals surface area contributed by atoms with E-state index in [1.165, 1.54) is 12.1 Å². The van der Waals surface area contributed by atoms with Crippen LogP contribution in [0.3, 0.4) is 0 Å². The number of halogens is 11. The molecule has 0 saturated heterocycles. The van der Waals surface area contributed by atoms with Crippen molar-refractivity contribution in [1.82, 2.24) is 5.32 Å². The quantitative estimate of drug-likeness (QED) is 0.0808. The molecule has 0 spiro atoms. The minimum Gasteiger partial charge on any atom is -0.457 e. The Hall–Kier alpha value is -1.99. The third kappa shape index (κ3) is 10.5. The number of hydrogen-bond acceptors (Lipinski definition) is 7. The van der Waals surface area contributed by atoms with Gasteiger partial charge in [0.25, 0.3) is 0 Å². The van der Waals surface area contributed by atoms with E-state index in [0.29, 0.717) is 18.7 Å². The SMILES string of the molecule is CCCOCCSSCCCNCc1c(F)cc(Oc2ccc3c(c2)CCC2C3CCC3(C)C(OCCCOC(C(F)(F)F)(C(F)(F)F)C(F)(F)F)CCC23)cc1F. The van der Waals surface area contributed by atoms with Crippen molar-refractivity contribution < 1.29 is 67.2 Å². The molecule has 5 unspecified atom stereocenters. The normalized spacial score (nSPS) is 23.7. The van der Waals surface area contributed by atoms with E-state index in [-0.39, 0.29) is 53.7 Å². The highest BCUT2D eigenvalue weighted by molar-refractivity contribution is 8.76. The number of benzene rings is 2. The number of ether oxygens (including phenoxy) is 4. The molecule has 0 bridgehead atoms. The van der Waals surface area contributed by atoms with Crippen molar-refractivity contribution >= 4 is 21.6 Å². The van der Waals surface area contributed by atoms with Crippen LogP contribution in [-0.4, -0.2) is 74.7 Å². The van der Waals surface area contributed by atoms with Crippen LogP contribution >= 0.6 is 21.6 Å². The summed E-state index contributed by atoms with van der Waals surface area (Å²) >= 11 is 0. The summed E-state index contributed by atoms with van der Waals surface area (Å²) in [6.45, 7) is 4.45. The van der Waals surface area contributed by atoms with Gasteiger partial charge in [-0.15, -0.1) is 0 Å². The fraction of sp³-hybridized carbons (Fsp3) is 0.700. The second-order valence-electron chi connectivity index (χ2n) is 15.4. The van der Waals surface area contributed by atoms with Gasteiger partial charge in [0.05, 0.1) is 19.3 Å². The van der Waals surface area contributed by atoms with Crippen molar-refractivity contribution in [3.63, 3.8) is 0 Å². The highest BCUT2D eigenvalue weighted by Crippen LogP contribution is 2.62. The smallest absolute Gasteiger partial charge is 0.435 e.